The SMILES string of the molecule is CN1C=CN(C)C1.CN1C=CN(CCN2C=CN(C)C2)C1.CN1C=CN(CN2C=CN(C)C2)C1. The maximum absolute atomic E-state index is 2.33. The van der Waals surface area contributed by atoms with Gasteiger partial charge in [-0.2, -0.15) is 0 Å². The highest BCUT2D eigenvalue weighted by Gasteiger charge is 2.14. The molecule has 0 spiro atoms. The first-order valence-corrected chi connectivity index (χ1v) is 11.9. The lowest BCUT2D eigenvalue weighted by atomic mass is 10.5. The first-order chi connectivity index (χ1) is 16.3. The summed E-state index contributed by atoms with van der Waals surface area (Å²) in [6, 6.07) is 0. The first kappa shape index (κ1) is 25.3. The molecule has 0 aromatic rings. The minimum atomic E-state index is 0.974. The van der Waals surface area contributed by atoms with Crippen molar-refractivity contribution in [2.24, 2.45) is 0 Å². The Morgan fingerprint density at radius 2 is 0.618 bits per heavy atom. The van der Waals surface area contributed by atoms with Gasteiger partial charge >= 0.3 is 0 Å². The summed E-state index contributed by atoms with van der Waals surface area (Å²) in [6.07, 6.45) is 21.1. The van der Waals surface area contributed by atoms with Gasteiger partial charge in [-0.05, 0) is 0 Å². The van der Waals surface area contributed by atoms with E-state index in [2.05, 4.69) is 153 Å². The zero-order chi connectivity index (χ0) is 24.5. The van der Waals surface area contributed by atoms with E-state index in [-0.39, 0.29) is 0 Å². The van der Waals surface area contributed by atoms with E-state index in [0.29, 0.717) is 0 Å². The molecule has 0 saturated carbocycles. The van der Waals surface area contributed by atoms with Crippen LogP contribution in [-0.2, 0) is 0 Å². The highest BCUT2D eigenvalue weighted by Crippen LogP contribution is 2.09. The van der Waals surface area contributed by atoms with Crippen LogP contribution in [0.3, 0.4) is 0 Å². The topological polar surface area (TPSA) is 32.4 Å². The van der Waals surface area contributed by atoms with E-state index in [1.807, 2.05) is 0 Å². The fourth-order valence-corrected chi connectivity index (χ4v) is 3.99. The average molecular weight is 473 g/mol. The van der Waals surface area contributed by atoms with E-state index >= 15 is 0 Å². The summed E-state index contributed by atoms with van der Waals surface area (Å²) in [7, 11) is 12.5. The molecule has 0 saturated heterocycles. The van der Waals surface area contributed by atoms with Crippen LogP contribution in [0, 0.1) is 0 Å². The smallest absolute Gasteiger partial charge is 0.0927 e. The van der Waals surface area contributed by atoms with E-state index in [0.717, 1.165) is 53.1 Å². The van der Waals surface area contributed by atoms with Crippen LogP contribution in [0.15, 0.2) is 62.0 Å². The Bertz CT molecular complexity index is 703. The summed E-state index contributed by atoms with van der Waals surface area (Å²) in [5.41, 5.74) is 0. The molecular formula is C24H44N10. The van der Waals surface area contributed by atoms with Crippen LogP contribution in [0.4, 0.5) is 0 Å². The molecule has 5 rings (SSSR count). The van der Waals surface area contributed by atoms with Gasteiger partial charge < -0.3 is 49.0 Å². The predicted molar refractivity (Wildman–Crippen MR) is 139 cm³/mol. The van der Waals surface area contributed by atoms with Gasteiger partial charge in [0, 0.05) is 117 Å². The van der Waals surface area contributed by atoms with Crippen LogP contribution < -0.4 is 0 Å². The van der Waals surface area contributed by atoms with Gasteiger partial charge in [0.25, 0.3) is 0 Å². The van der Waals surface area contributed by atoms with E-state index in [9.17, 15) is 0 Å². The summed E-state index contributed by atoms with van der Waals surface area (Å²) in [4.78, 5) is 22.2. The number of rotatable bonds is 5. The highest BCUT2D eigenvalue weighted by molar-refractivity contribution is 4.94. The van der Waals surface area contributed by atoms with Crippen LogP contribution in [0.25, 0.3) is 0 Å². The molecule has 190 valence electrons. The van der Waals surface area contributed by atoms with Gasteiger partial charge in [0.15, 0.2) is 0 Å². The minimum Gasteiger partial charge on any atom is -0.362 e. The molecule has 0 aromatic carbocycles. The van der Waals surface area contributed by atoms with Crippen molar-refractivity contribution in [2.75, 3.05) is 95.4 Å². The molecule has 0 aromatic heterocycles. The van der Waals surface area contributed by atoms with Crippen molar-refractivity contribution in [2.45, 2.75) is 0 Å². The Morgan fingerprint density at radius 3 is 0.853 bits per heavy atom. The Labute approximate surface area is 206 Å². The molecule has 0 radical (unpaired) electrons. The van der Waals surface area contributed by atoms with Crippen molar-refractivity contribution >= 4 is 0 Å². The third-order valence-electron chi connectivity index (χ3n) is 5.81. The largest absolute Gasteiger partial charge is 0.362 e. The molecule has 0 unspecified atom stereocenters. The van der Waals surface area contributed by atoms with Gasteiger partial charge in [0.2, 0.25) is 0 Å². The van der Waals surface area contributed by atoms with Gasteiger partial charge in [-0.15, -0.1) is 0 Å². The summed E-state index contributed by atoms with van der Waals surface area (Å²) >= 11 is 0. The summed E-state index contributed by atoms with van der Waals surface area (Å²) < 4.78 is 0. The van der Waals surface area contributed by atoms with Crippen molar-refractivity contribution in [3.63, 3.8) is 0 Å². The molecule has 0 bridgehead atoms. The van der Waals surface area contributed by atoms with Gasteiger partial charge in [-0.25, -0.2) is 0 Å². The van der Waals surface area contributed by atoms with Crippen molar-refractivity contribution in [3.8, 4) is 0 Å². The lowest BCUT2D eigenvalue weighted by Gasteiger charge is -2.25. The molecule has 0 atom stereocenters. The number of hydrogen-bond acceptors (Lipinski definition) is 10. The lowest BCUT2D eigenvalue weighted by molar-refractivity contribution is 0.179. The quantitative estimate of drug-likeness (QED) is 0.576. The van der Waals surface area contributed by atoms with Gasteiger partial charge in [0.1, 0.15) is 0 Å². The minimum absolute atomic E-state index is 0.974. The summed E-state index contributed by atoms with van der Waals surface area (Å²) in [6.45, 7) is 8.22. The standard InChI is InChI=1S/C10H18N4.C9H16N4.C5H10N2/c1-11-3-5-13(9-11)7-8-14-6-4-12(2)10-14;1-10-3-5-12(7-10)9-13-6-4-11(2)8-13;1-6-3-4-7(2)5-6/h3-6H,7-10H2,1-2H3;3-6H,7-9H2,1-2H3;3-4H,5H2,1-2H3. The van der Waals surface area contributed by atoms with E-state index in [1.54, 1.807) is 0 Å². The van der Waals surface area contributed by atoms with Gasteiger partial charge in [-0.3, -0.25) is 0 Å². The van der Waals surface area contributed by atoms with Crippen LogP contribution >= 0.6 is 0 Å². The molecule has 5 heterocycles. The fourth-order valence-electron chi connectivity index (χ4n) is 3.99. The molecule has 10 nitrogen and oxygen atoms in total. The van der Waals surface area contributed by atoms with Crippen LogP contribution in [0.1, 0.15) is 0 Å². The predicted octanol–water partition coefficient (Wildman–Crippen LogP) is 0.927. The first-order valence-electron chi connectivity index (χ1n) is 11.9. The second kappa shape index (κ2) is 12.2. The summed E-state index contributed by atoms with van der Waals surface area (Å²) in [5, 5.41) is 0. The zero-order valence-corrected chi connectivity index (χ0v) is 21.9. The molecule has 0 N–H and O–H groups in total. The second-order valence-corrected chi connectivity index (χ2v) is 9.68. The van der Waals surface area contributed by atoms with Crippen molar-refractivity contribution in [3.05, 3.63) is 62.0 Å². The molecule has 5 aliphatic heterocycles. The fraction of sp³-hybridized carbons (Fsp3) is 0.583. The van der Waals surface area contributed by atoms with Crippen LogP contribution in [0.2, 0.25) is 0 Å². The monoisotopic (exact) mass is 472 g/mol. The van der Waals surface area contributed by atoms with Gasteiger partial charge in [-0.1, -0.05) is 0 Å². The lowest BCUT2D eigenvalue weighted by Crippen LogP contribution is -2.34. The molecule has 0 aliphatic carbocycles. The van der Waals surface area contributed by atoms with Crippen LogP contribution in [0.5, 0.6) is 0 Å². The summed E-state index contributed by atoms with van der Waals surface area (Å²) in [5.74, 6) is 0. The Hall–Kier alpha value is -3.30. The molecule has 5 aliphatic rings. The molecular weight excluding hydrogens is 428 g/mol. The van der Waals surface area contributed by atoms with Crippen molar-refractivity contribution in [1.29, 1.82) is 0 Å². The maximum atomic E-state index is 2.33. The van der Waals surface area contributed by atoms with E-state index in [4.69, 9.17) is 0 Å². The van der Waals surface area contributed by atoms with Gasteiger partial charge in [0.05, 0.1) is 40.0 Å². The van der Waals surface area contributed by atoms with Crippen LogP contribution in [-0.4, -0.2) is 144 Å². The zero-order valence-electron chi connectivity index (χ0n) is 21.9. The van der Waals surface area contributed by atoms with Crippen molar-refractivity contribution in [1.82, 2.24) is 49.0 Å². The third kappa shape index (κ3) is 8.57. The highest BCUT2D eigenvalue weighted by atomic mass is 15.4. The van der Waals surface area contributed by atoms with Crippen molar-refractivity contribution < 1.29 is 0 Å². The molecule has 0 fully saturated rings. The molecule has 10 heteroatoms. The molecule has 34 heavy (non-hydrogen) atoms. The Kier molecular flexibility index (Phi) is 9.12. The maximum Gasteiger partial charge on any atom is 0.0927 e. The van der Waals surface area contributed by atoms with E-state index in [1.165, 1.54) is 0 Å². The average Bonchev–Trinajstić information content (AvgIpc) is 3.60. The molecule has 0 amide bonds. The number of hydrogen-bond donors (Lipinski definition) is 0. The third-order valence-corrected chi connectivity index (χ3v) is 5.81. The Balaban J connectivity index is 0.000000151. The Morgan fingerprint density at radius 1 is 0.353 bits per heavy atom. The second-order valence-electron chi connectivity index (χ2n) is 9.68. The van der Waals surface area contributed by atoms with E-state index < -0.39 is 0 Å². The normalized spacial score (nSPS) is 20.4. The number of nitrogens with zero attached hydrogens (tertiary/aromatic N) is 10.